The molecule has 19 heavy (non-hydrogen) atoms. The number of rotatable bonds is 4. The fraction of sp³-hybridized carbons (Fsp3) is 0.812. The van der Waals surface area contributed by atoms with Crippen LogP contribution in [0.2, 0.25) is 0 Å². The molecular weight excluding hydrogens is 240 g/mol. The lowest BCUT2D eigenvalue weighted by molar-refractivity contribution is -0.156. The summed E-state index contributed by atoms with van der Waals surface area (Å²) in [4.78, 5) is 12.3. The van der Waals surface area contributed by atoms with Gasteiger partial charge in [0.25, 0.3) is 0 Å². The normalized spacial score (nSPS) is 35.8. The summed E-state index contributed by atoms with van der Waals surface area (Å²) < 4.78 is 11.1. The van der Waals surface area contributed by atoms with Crippen LogP contribution in [0.5, 0.6) is 0 Å². The fourth-order valence-corrected chi connectivity index (χ4v) is 3.32. The van der Waals surface area contributed by atoms with Crippen LogP contribution in [0.3, 0.4) is 0 Å². The number of esters is 1. The molecule has 2 aliphatic carbocycles. The van der Waals surface area contributed by atoms with Gasteiger partial charge in [0, 0.05) is 7.11 Å². The molecule has 3 heteroatoms. The Hall–Kier alpha value is -0.830. The van der Waals surface area contributed by atoms with Gasteiger partial charge in [-0.05, 0) is 44.4 Å². The average molecular weight is 266 g/mol. The maximum Gasteiger partial charge on any atom is 0.310 e. The monoisotopic (exact) mass is 266 g/mol. The summed E-state index contributed by atoms with van der Waals surface area (Å²) in [6, 6.07) is 0. The van der Waals surface area contributed by atoms with Gasteiger partial charge < -0.3 is 9.47 Å². The van der Waals surface area contributed by atoms with Crippen LogP contribution in [0.25, 0.3) is 0 Å². The van der Waals surface area contributed by atoms with Crippen molar-refractivity contribution in [3.63, 3.8) is 0 Å². The second-order valence-corrected chi connectivity index (χ2v) is 6.75. The van der Waals surface area contributed by atoms with Crippen LogP contribution >= 0.6 is 0 Å². The molecule has 0 aliphatic heterocycles. The molecule has 4 atom stereocenters. The van der Waals surface area contributed by atoms with Crippen molar-refractivity contribution in [1.29, 1.82) is 0 Å². The molecule has 0 aromatic heterocycles. The molecule has 0 amide bonds. The summed E-state index contributed by atoms with van der Waals surface area (Å²) in [5.41, 5.74) is 1.30. The molecule has 3 nitrogen and oxygen atoms in total. The second-order valence-electron chi connectivity index (χ2n) is 6.75. The van der Waals surface area contributed by atoms with E-state index in [0.29, 0.717) is 5.92 Å². The highest BCUT2D eigenvalue weighted by molar-refractivity contribution is 5.78. The number of hydrogen-bond donors (Lipinski definition) is 0. The van der Waals surface area contributed by atoms with Gasteiger partial charge in [-0.25, -0.2) is 0 Å². The van der Waals surface area contributed by atoms with Gasteiger partial charge in [-0.1, -0.05) is 25.5 Å². The maximum absolute atomic E-state index is 12.3. The number of methoxy groups -OCH3 is 1. The van der Waals surface area contributed by atoms with Crippen LogP contribution in [0.1, 0.15) is 47.0 Å². The van der Waals surface area contributed by atoms with E-state index in [1.54, 1.807) is 7.11 Å². The highest BCUT2D eigenvalue weighted by Gasteiger charge is 2.61. The maximum atomic E-state index is 12.3. The third-order valence-electron chi connectivity index (χ3n) is 4.64. The van der Waals surface area contributed by atoms with Crippen molar-refractivity contribution in [2.45, 2.75) is 59.2 Å². The summed E-state index contributed by atoms with van der Waals surface area (Å²) in [7, 11) is 1.70. The first-order valence-electron chi connectivity index (χ1n) is 7.26. The molecule has 2 aliphatic rings. The highest BCUT2D eigenvalue weighted by Crippen LogP contribution is 2.60. The molecule has 2 fully saturated rings. The first-order chi connectivity index (χ1) is 8.87. The van der Waals surface area contributed by atoms with E-state index in [1.807, 2.05) is 0 Å². The van der Waals surface area contributed by atoms with Crippen molar-refractivity contribution in [2.24, 2.45) is 17.3 Å². The van der Waals surface area contributed by atoms with E-state index in [2.05, 4.69) is 33.8 Å². The molecule has 0 aromatic rings. The minimum atomic E-state index is -0.0405. The predicted molar refractivity (Wildman–Crippen MR) is 74.7 cm³/mol. The Morgan fingerprint density at radius 2 is 1.84 bits per heavy atom. The van der Waals surface area contributed by atoms with E-state index in [-0.39, 0.29) is 29.5 Å². The Morgan fingerprint density at radius 1 is 1.21 bits per heavy atom. The van der Waals surface area contributed by atoms with Crippen LogP contribution in [-0.4, -0.2) is 25.3 Å². The number of carbonyl (C=O) groups is 1. The second kappa shape index (κ2) is 5.28. The van der Waals surface area contributed by atoms with Gasteiger partial charge in [-0.2, -0.15) is 0 Å². The van der Waals surface area contributed by atoms with E-state index < -0.39 is 0 Å². The molecule has 108 valence electrons. The van der Waals surface area contributed by atoms with E-state index in [1.165, 1.54) is 5.57 Å². The average Bonchev–Trinajstić information content (AvgIpc) is 2.69. The van der Waals surface area contributed by atoms with Gasteiger partial charge in [-0.15, -0.1) is 0 Å². The summed E-state index contributed by atoms with van der Waals surface area (Å²) in [5.74, 6) is 0.300. The first kappa shape index (κ1) is 14.6. The van der Waals surface area contributed by atoms with Crippen LogP contribution in [0.15, 0.2) is 11.6 Å². The van der Waals surface area contributed by atoms with Crippen molar-refractivity contribution < 1.29 is 14.3 Å². The molecule has 0 aromatic carbocycles. The van der Waals surface area contributed by atoms with Crippen molar-refractivity contribution in [2.75, 3.05) is 7.11 Å². The molecule has 2 saturated carbocycles. The quantitative estimate of drug-likeness (QED) is 0.578. The van der Waals surface area contributed by atoms with Gasteiger partial charge >= 0.3 is 5.97 Å². The molecule has 2 rings (SSSR count). The summed E-state index contributed by atoms with van der Waals surface area (Å²) in [6.45, 7) is 8.44. The van der Waals surface area contributed by atoms with Crippen LogP contribution < -0.4 is 0 Å². The molecular formula is C16H26O3. The largest absolute Gasteiger partial charge is 0.459 e. The fourth-order valence-electron chi connectivity index (χ4n) is 3.32. The van der Waals surface area contributed by atoms with Crippen LogP contribution in [0.4, 0.5) is 0 Å². The number of carbonyl (C=O) groups excluding carboxylic acids is 1. The van der Waals surface area contributed by atoms with Gasteiger partial charge in [-0.3, -0.25) is 4.79 Å². The zero-order chi connectivity index (χ0) is 14.2. The Balaban J connectivity index is 1.96. The standard InChI is InChI=1S/C16H26O3/c1-10(2)9-11-14(16(11,3)4)15(17)19-13-8-6-7-12(13)18-5/h9,11-14H,6-8H2,1-5H3/t11-,12-,13+,14+/m1/s1. The zero-order valence-corrected chi connectivity index (χ0v) is 12.7. The van der Waals surface area contributed by atoms with E-state index in [9.17, 15) is 4.79 Å². The number of ether oxygens (including phenoxy) is 2. The van der Waals surface area contributed by atoms with Crippen molar-refractivity contribution in [3.05, 3.63) is 11.6 Å². The van der Waals surface area contributed by atoms with Crippen molar-refractivity contribution >= 4 is 5.97 Å². The predicted octanol–water partition coefficient (Wildman–Crippen LogP) is 3.34. The summed E-state index contributed by atoms with van der Waals surface area (Å²) >= 11 is 0. The van der Waals surface area contributed by atoms with Gasteiger partial charge in [0.15, 0.2) is 0 Å². The lowest BCUT2D eigenvalue weighted by atomic mass is 10.1. The van der Waals surface area contributed by atoms with Gasteiger partial charge in [0.2, 0.25) is 0 Å². The van der Waals surface area contributed by atoms with Crippen LogP contribution in [-0.2, 0) is 14.3 Å². The molecule has 0 bridgehead atoms. The SMILES string of the molecule is CO[C@@H]1CCC[C@@H]1OC(=O)[C@@H]1[C@@H](C=C(C)C)C1(C)C. The summed E-state index contributed by atoms with van der Waals surface area (Å²) in [6.07, 6.45) is 5.27. The minimum absolute atomic E-state index is 0.0144. The van der Waals surface area contributed by atoms with Crippen molar-refractivity contribution in [3.8, 4) is 0 Å². The smallest absolute Gasteiger partial charge is 0.310 e. The summed E-state index contributed by atoms with van der Waals surface area (Å²) in [5, 5.41) is 0. The van der Waals surface area contributed by atoms with Gasteiger partial charge in [0.05, 0.1) is 12.0 Å². The Labute approximate surface area is 116 Å². The third kappa shape index (κ3) is 2.86. The Morgan fingerprint density at radius 3 is 2.42 bits per heavy atom. The topological polar surface area (TPSA) is 35.5 Å². The van der Waals surface area contributed by atoms with E-state index in [0.717, 1.165) is 19.3 Å². The Kier molecular flexibility index (Phi) is 4.05. The zero-order valence-electron chi connectivity index (χ0n) is 12.7. The molecule has 0 saturated heterocycles. The first-order valence-corrected chi connectivity index (χ1v) is 7.26. The molecule has 0 spiro atoms. The lowest BCUT2D eigenvalue weighted by Gasteiger charge is -2.19. The number of hydrogen-bond acceptors (Lipinski definition) is 3. The lowest BCUT2D eigenvalue weighted by Crippen LogP contribution is -2.29. The molecule has 0 unspecified atom stereocenters. The number of allylic oxidation sites excluding steroid dienone is 2. The van der Waals surface area contributed by atoms with E-state index in [4.69, 9.17) is 9.47 Å². The van der Waals surface area contributed by atoms with Crippen molar-refractivity contribution in [1.82, 2.24) is 0 Å². The van der Waals surface area contributed by atoms with Crippen LogP contribution in [0, 0.1) is 17.3 Å². The Bertz CT molecular complexity index is 379. The molecule has 0 heterocycles. The van der Waals surface area contributed by atoms with E-state index >= 15 is 0 Å². The van der Waals surface area contributed by atoms with Gasteiger partial charge in [0.1, 0.15) is 6.10 Å². The molecule has 0 radical (unpaired) electrons. The third-order valence-corrected chi connectivity index (χ3v) is 4.64. The molecule has 0 N–H and O–H groups in total. The highest BCUT2D eigenvalue weighted by atomic mass is 16.6. The minimum Gasteiger partial charge on any atom is -0.459 e.